The van der Waals surface area contributed by atoms with Crippen LogP contribution in [-0.4, -0.2) is 32.5 Å². The molecule has 1 fully saturated rings. The maximum Gasteiger partial charge on any atom is 0.272 e. The number of carbonyl (C=O) groups excluding carboxylic acids is 1. The van der Waals surface area contributed by atoms with Crippen LogP contribution in [-0.2, 0) is 0 Å². The van der Waals surface area contributed by atoms with Gasteiger partial charge in [0.2, 0.25) is 0 Å². The van der Waals surface area contributed by atoms with Crippen LogP contribution < -0.4 is 0 Å². The highest BCUT2D eigenvalue weighted by Gasteiger charge is 2.30. The number of nitrogens with zero attached hydrogens (tertiary/aromatic N) is 3. The van der Waals surface area contributed by atoms with Crippen molar-refractivity contribution in [3.63, 3.8) is 0 Å². The molecule has 26 heavy (non-hydrogen) atoms. The van der Waals surface area contributed by atoms with Gasteiger partial charge >= 0.3 is 0 Å². The molecule has 5 nitrogen and oxygen atoms in total. The minimum atomic E-state index is -0.357. The molecule has 1 unspecified atom stereocenters. The molecular weight excluding hydrogens is 331 g/mol. The molecule has 1 aliphatic rings. The summed E-state index contributed by atoms with van der Waals surface area (Å²) in [4.78, 5) is 19.1. The minimum absolute atomic E-state index is 0.00478. The number of piperidine rings is 1. The summed E-state index contributed by atoms with van der Waals surface area (Å²) in [6.45, 7) is 0.687. The number of amides is 1. The van der Waals surface area contributed by atoms with E-state index < -0.39 is 0 Å². The van der Waals surface area contributed by atoms with Gasteiger partial charge in [-0.1, -0.05) is 18.2 Å². The lowest BCUT2D eigenvalue weighted by Gasteiger charge is -2.35. The number of aromatic amines is 1. The molecule has 1 N–H and O–H groups in total. The monoisotopic (exact) mass is 350 g/mol. The zero-order valence-electron chi connectivity index (χ0n) is 14.2. The number of likely N-dealkylation sites (tertiary alicyclic amines) is 1. The third-order valence-electron chi connectivity index (χ3n) is 4.79. The summed E-state index contributed by atoms with van der Waals surface area (Å²) in [7, 11) is 0. The maximum absolute atomic E-state index is 14.0. The van der Waals surface area contributed by atoms with Crippen molar-refractivity contribution in [3.8, 4) is 11.3 Å². The van der Waals surface area contributed by atoms with Crippen molar-refractivity contribution in [2.75, 3.05) is 6.54 Å². The van der Waals surface area contributed by atoms with Crippen LogP contribution in [0.5, 0.6) is 0 Å². The fourth-order valence-electron chi connectivity index (χ4n) is 3.49. The number of hydrogen-bond donors (Lipinski definition) is 1. The highest BCUT2D eigenvalue weighted by Crippen LogP contribution is 2.32. The molecule has 132 valence electrons. The first-order chi connectivity index (χ1) is 12.7. The van der Waals surface area contributed by atoms with Gasteiger partial charge in [-0.25, -0.2) is 4.39 Å². The number of carbonyl (C=O) groups is 1. The fraction of sp³-hybridized carbons (Fsp3) is 0.250. The van der Waals surface area contributed by atoms with Gasteiger partial charge in [0.1, 0.15) is 11.5 Å². The largest absolute Gasteiger partial charge is 0.330 e. The molecule has 1 aromatic carbocycles. The number of nitrogens with one attached hydrogen (secondary N) is 1. The third-order valence-corrected chi connectivity index (χ3v) is 4.79. The number of pyridine rings is 1. The van der Waals surface area contributed by atoms with Crippen LogP contribution in [0.3, 0.4) is 0 Å². The molecule has 0 aliphatic carbocycles. The first-order valence-corrected chi connectivity index (χ1v) is 8.75. The van der Waals surface area contributed by atoms with Gasteiger partial charge in [0.05, 0.1) is 11.7 Å². The van der Waals surface area contributed by atoms with E-state index in [0.29, 0.717) is 23.5 Å². The molecule has 1 aliphatic heterocycles. The standard InChI is InChI=1S/C20H19FN4O/c21-16-8-2-1-7-15(16)17-12-18(24-23-17)20(26)25-11-4-3-9-19(25)14-6-5-10-22-13-14/h1-2,5-8,10,12-13,19H,3-4,9,11H2,(H,23,24). The number of halogens is 1. The Balaban J connectivity index is 1.61. The van der Waals surface area contributed by atoms with Crippen LogP contribution in [0.1, 0.15) is 41.4 Å². The van der Waals surface area contributed by atoms with E-state index in [4.69, 9.17) is 0 Å². The molecule has 2 aromatic heterocycles. The molecule has 1 saturated heterocycles. The molecule has 4 rings (SSSR count). The molecule has 0 radical (unpaired) electrons. The van der Waals surface area contributed by atoms with Crippen LogP contribution in [0, 0.1) is 5.82 Å². The number of benzene rings is 1. The van der Waals surface area contributed by atoms with E-state index in [9.17, 15) is 9.18 Å². The van der Waals surface area contributed by atoms with Crippen LogP contribution in [0.25, 0.3) is 11.3 Å². The van der Waals surface area contributed by atoms with Gasteiger partial charge in [-0.2, -0.15) is 5.10 Å². The number of aromatic nitrogens is 3. The van der Waals surface area contributed by atoms with Crippen molar-refractivity contribution in [3.05, 3.63) is 71.9 Å². The molecule has 3 aromatic rings. The van der Waals surface area contributed by atoms with Gasteiger partial charge in [-0.3, -0.25) is 14.9 Å². The second-order valence-corrected chi connectivity index (χ2v) is 6.44. The molecule has 1 atom stereocenters. The zero-order chi connectivity index (χ0) is 17.9. The van der Waals surface area contributed by atoms with Crippen molar-refractivity contribution in [1.29, 1.82) is 0 Å². The summed E-state index contributed by atoms with van der Waals surface area (Å²) >= 11 is 0. The Morgan fingerprint density at radius 2 is 2.08 bits per heavy atom. The molecule has 3 heterocycles. The first kappa shape index (κ1) is 16.4. The van der Waals surface area contributed by atoms with E-state index in [1.807, 2.05) is 23.2 Å². The van der Waals surface area contributed by atoms with Crippen LogP contribution >= 0.6 is 0 Å². The molecule has 0 bridgehead atoms. The van der Waals surface area contributed by atoms with E-state index >= 15 is 0 Å². The first-order valence-electron chi connectivity index (χ1n) is 8.75. The zero-order valence-corrected chi connectivity index (χ0v) is 14.2. The predicted octanol–water partition coefficient (Wildman–Crippen LogP) is 3.98. The lowest BCUT2D eigenvalue weighted by molar-refractivity contribution is 0.0605. The van der Waals surface area contributed by atoms with Crippen LogP contribution in [0.2, 0.25) is 0 Å². The van der Waals surface area contributed by atoms with E-state index in [-0.39, 0.29) is 17.8 Å². The van der Waals surface area contributed by atoms with Crippen molar-refractivity contribution in [1.82, 2.24) is 20.1 Å². The van der Waals surface area contributed by atoms with E-state index in [1.165, 1.54) is 6.07 Å². The van der Waals surface area contributed by atoms with Crippen molar-refractivity contribution >= 4 is 5.91 Å². The Labute approximate surface area is 150 Å². The second-order valence-electron chi connectivity index (χ2n) is 6.44. The van der Waals surface area contributed by atoms with E-state index in [0.717, 1.165) is 24.8 Å². The van der Waals surface area contributed by atoms with Gasteiger partial charge < -0.3 is 4.90 Å². The van der Waals surface area contributed by atoms with Gasteiger partial charge in [-0.15, -0.1) is 0 Å². The molecule has 0 spiro atoms. The molecular formula is C20H19FN4O. The average Bonchev–Trinajstić information content (AvgIpc) is 3.18. The smallest absolute Gasteiger partial charge is 0.272 e. The summed E-state index contributed by atoms with van der Waals surface area (Å²) in [5.41, 5.74) is 2.22. The van der Waals surface area contributed by atoms with Crippen molar-refractivity contribution in [2.45, 2.75) is 25.3 Å². The topological polar surface area (TPSA) is 61.9 Å². The summed E-state index contributed by atoms with van der Waals surface area (Å²) in [6.07, 6.45) is 6.50. The van der Waals surface area contributed by atoms with Gasteiger partial charge in [0, 0.05) is 24.5 Å². The third kappa shape index (κ3) is 3.10. The van der Waals surface area contributed by atoms with Crippen molar-refractivity contribution in [2.24, 2.45) is 0 Å². The summed E-state index contributed by atoms with van der Waals surface area (Å²) in [5, 5.41) is 6.91. The summed E-state index contributed by atoms with van der Waals surface area (Å²) in [5.74, 6) is -0.474. The lowest BCUT2D eigenvalue weighted by atomic mass is 9.96. The Morgan fingerprint density at radius 3 is 2.88 bits per heavy atom. The van der Waals surface area contributed by atoms with E-state index in [2.05, 4.69) is 15.2 Å². The van der Waals surface area contributed by atoms with Gasteiger partial charge in [0.15, 0.2) is 0 Å². The highest BCUT2D eigenvalue weighted by atomic mass is 19.1. The average molecular weight is 350 g/mol. The Morgan fingerprint density at radius 1 is 1.19 bits per heavy atom. The molecule has 1 amide bonds. The molecule has 0 saturated carbocycles. The Bertz CT molecular complexity index is 909. The molecule has 6 heteroatoms. The van der Waals surface area contributed by atoms with Gasteiger partial charge in [-0.05, 0) is 49.1 Å². The summed E-state index contributed by atoms with van der Waals surface area (Å²) in [6, 6.07) is 11.9. The quantitative estimate of drug-likeness (QED) is 0.777. The number of H-pyrrole nitrogens is 1. The van der Waals surface area contributed by atoms with E-state index in [1.54, 1.807) is 30.5 Å². The normalized spacial score (nSPS) is 17.3. The predicted molar refractivity (Wildman–Crippen MR) is 95.8 cm³/mol. The SMILES string of the molecule is O=C(c1cc(-c2ccccc2F)n[nH]1)N1CCCCC1c1cccnc1. The fourth-order valence-corrected chi connectivity index (χ4v) is 3.49. The van der Waals surface area contributed by atoms with Crippen LogP contribution in [0.4, 0.5) is 4.39 Å². The van der Waals surface area contributed by atoms with Gasteiger partial charge in [0.25, 0.3) is 5.91 Å². The Kier molecular flexibility index (Phi) is 4.48. The second kappa shape index (κ2) is 7.07. The highest BCUT2D eigenvalue weighted by molar-refractivity contribution is 5.93. The van der Waals surface area contributed by atoms with Crippen LogP contribution in [0.15, 0.2) is 54.9 Å². The number of rotatable bonds is 3. The lowest BCUT2D eigenvalue weighted by Crippen LogP contribution is -2.38. The van der Waals surface area contributed by atoms with Crippen molar-refractivity contribution < 1.29 is 9.18 Å². The summed E-state index contributed by atoms with van der Waals surface area (Å²) < 4.78 is 14.0. The Hall–Kier alpha value is -3.02. The number of hydrogen-bond acceptors (Lipinski definition) is 3. The maximum atomic E-state index is 14.0. The minimum Gasteiger partial charge on any atom is -0.330 e.